The van der Waals surface area contributed by atoms with E-state index in [1.54, 1.807) is 6.08 Å². The van der Waals surface area contributed by atoms with Gasteiger partial charge in [-0.2, -0.15) is 0 Å². The van der Waals surface area contributed by atoms with Gasteiger partial charge in [0, 0.05) is 0 Å². The molecule has 1 aliphatic rings. The molecule has 0 N–H and O–H groups in total. The standard InChI is InChI=1S/C19H38.2C9H20.C3H6/c1-9-10-19(8)12-15(2)11-17(4,5)14-18(6,7)13-16(19)3;2*1-5-6-9(4)7-8(2)3;1-3-2/h15-16H,9-14H2,1-8H3;2*8-9H,5-7H2,1-4H3;3H,1H2,2H3. The summed E-state index contributed by atoms with van der Waals surface area (Å²) in [5.41, 5.74) is 1.54. The van der Waals surface area contributed by atoms with Gasteiger partial charge >= 0.3 is 0 Å². The van der Waals surface area contributed by atoms with Crippen LogP contribution in [0.25, 0.3) is 0 Å². The molecule has 244 valence electrons. The van der Waals surface area contributed by atoms with Gasteiger partial charge in [-0.15, -0.1) is 6.58 Å². The molecule has 0 nitrogen and oxygen atoms in total. The van der Waals surface area contributed by atoms with E-state index in [0.717, 1.165) is 35.5 Å². The van der Waals surface area contributed by atoms with E-state index in [2.05, 4.69) is 117 Å². The van der Waals surface area contributed by atoms with Crippen molar-refractivity contribution in [1.82, 2.24) is 0 Å². The van der Waals surface area contributed by atoms with Gasteiger partial charge in [0.25, 0.3) is 0 Å². The molecule has 40 heavy (non-hydrogen) atoms. The molecule has 1 saturated carbocycles. The molecular formula is C40H84. The van der Waals surface area contributed by atoms with Crippen molar-refractivity contribution in [2.45, 2.75) is 195 Å². The van der Waals surface area contributed by atoms with Crippen LogP contribution in [0.1, 0.15) is 195 Å². The summed E-state index contributed by atoms with van der Waals surface area (Å²) in [6.07, 6.45) is 18.3. The minimum absolute atomic E-state index is 0.488. The summed E-state index contributed by atoms with van der Waals surface area (Å²) in [5.74, 6) is 5.35. The molecule has 0 spiro atoms. The summed E-state index contributed by atoms with van der Waals surface area (Å²) in [6, 6.07) is 0. The lowest BCUT2D eigenvalue weighted by Gasteiger charge is -2.40. The van der Waals surface area contributed by atoms with Crippen LogP contribution in [0.2, 0.25) is 0 Å². The Bertz CT molecular complexity index is 547. The first-order chi connectivity index (χ1) is 18.2. The largest absolute Gasteiger partial charge is 0.103 e. The number of rotatable bonds is 10. The first-order valence-corrected chi connectivity index (χ1v) is 17.8. The molecule has 0 heterocycles. The summed E-state index contributed by atoms with van der Waals surface area (Å²) in [7, 11) is 0. The molecule has 5 atom stereocenters. The predicted octanol–water partition coefficient (Wildman–Crippen LogP) is 14.8. The molecule has 0 saturated heterocycles. The van der Waals surface area contributed by atoms with Crippen molar-refractivity contribution in [2.24, 2.45) is 51.8 Å². The lowest BCUT2D eigenvalue weighted by Crippen LogP contribution is -2.30. The highest BCUT2D eigenvalue weighted by Crippen LogP contribution is 2.51. The quantitative estimate of drug-likeness (QED) is 0.231. The van der Waals surface area contributed by atoms with Gasteiger partial charge in [0.2, 0.25) is 0 Å². The van der Waals surface area contributed by atoms with Crippen LogP contribution >= 0.6 is 0 Å². The minimum atomic E-state index is 0.488. The topological polar surface area (TPSA) is 0 Å². The average molecular weight is 565 g/mol. The van der Waals surface area contributed by atoms with Gasteiger partial charge in [-0.05, 0) is 104 Å². The van der Waals surface area contributed by atoms with E-state index >= 15 is 0 Å². The second kappa shape index (κ2) is 23.2. The third-order valence-corrected chi connectivity index (χ3v) is 8.85. The summed E-state index contributed by atoms with van der Waals surface area (Å²) in [6.45, 7) is 43.5. The van der Waals surface area contributed by atoms with Gasteiger partial charge in [0.15, 0.2) is 0 Å². The summed E-state index contributed by atoms with van der Waals surface area (Å²) in [5, 5.41) is 0. The van der Waals surface area contributed by atoms with Crippen molar-refractivity contribution in [3.8, 4) is 0 Å². The molecule has 5 unspecified atom stereocenters. The van der Waals surface area contributed by atoms with E-state index in [9.17, 15) is 0 Å². The molecular weight excluding hydrogens is 480 g/mol. The monoisotopic (exact) mass is 565 g/mol. The van der Waals surface area contributed by atoms with Crippen molar-refractivity contribution in [1.29, 1.82) is 0 Å². The molecule has 0 aliphatic heterocycles. The maximum Gasteiger partial charge on any atom is -0.0298 e. The fourth-order valence-electron chi connectivity index (χ4n) is 8.28. The van der Waals surface area contributed by atoms with E-state index in [0.29, 0.717) is 16.2 Å². The molecule has 0 amide bonds. The van der Waals surface area contributed by atoms with E-state index in [1.807, 2.05) is 6.92 Å². The minimum Gasteiger partial charge on any atom is -0.103 e. The van der Waals surface area contributed by atoms with Crippen molar-refractivity contribution in [3.63, 3.8) is 0 Å². The zero-order valence-corrected chi connectivity index (χ0v) is 31.7. The molecule has 0 aromatic rings. The highest BCUT2D eigenvalue weighted by atomic mass is 14.5. The van der Waals surface area contributed by atoms with Gasteiger partial charge < -0.3 is 0 Å². The highest BCUT2D eigenvalue weighted by Gasteiger charge is 2.40. The number of allylic oxidation sites excluding steroid dienone is 1. The van der Waals surface area contributed by atoms with Crippen LogP contribution < -0.4 is 0 Å². The van der Waals surface area contributed by atoms with Crippen LogP contribution in [0.15, 0.2) is 12.7 Å². The second-order valence-electron chi connectivity index (χ2n) is 17.0. The zero-order chi connectivity index (χ0) is 32.2. The lowest BCUT2D eigenvalue weighted by atomic mass is 9.65. The van der Waals surface area contributed by atoms with E-state index < -0.39 is 0 Å². The normalized spacial score (nSPS) is 25.4. The Morgan fingerprint density at radius 1 is 0.675 bits per heavy atom. The molecule has 0 heteroatoms. The van der Waals surface area contributed by atoms with E-state index in [4.69, 9.17) is 0 Å². The Morgan fingerprint density at radius 3 is 1.38 bits per heavy atom. The van der Waals surface area contributed by atoms with Crippen LogP contribution in [0.4, 0.5) is 0 Å². The predicted molar refractivity (Wildman–Crippen MR) is 190 cm³/mol. The van der Waals surface area contributed by atoms with Crippen molar-refractivity contribution in [3.05, 3.63) is 12.7 Å². The molecule has 0 bridgehead atoms. The third kappa shape index (κ3) is 25.5. The fraction of sp³-hybridized carbons (Fsp3) is 0.950. The van der Waals surface area contributed by atoms with Crippen LogP contribution in [0.3, 0.4) is 0 Å². The first-order valence-electron chi connectivity index (χ1n) is 17.8. The molecule has 1 fully saturated rings. The fourth-order valence-corrected chi connectivity index (χ4v) is 8.28. The SMILES string of the molecule is C=CC.CCCC(C)CC(C)C.CCCC(C)CC(C)C.CCCC1(C)CC(C)CC(C)(C)CC(C)(C)CC1C. The third-order valence-electron chi connectivity index (χ3n) is 8.85. The van der Waals surface area contributed by atoms with Gasteiger partial charge in [-0.3, -0.25) is 0 Å². The summed E-state index contributed by atoms with van der Waals surface area (Å²) < 4.78 is 0. The maximum absolute atomic E-state index is 3.36. The first kappa shape index (κ1) is 44.2. The summed E-state index contributed by atoms with van der Waals surface area (Å²) in [4.78, 5) is 0. The van der Waals surface area contributed by atoms with Gasteiger partial charge in [0.05, 0.1) is 0 Å². The number of hydrogen-bond donors (Lipinski definition) is 0. The Hall–Kier alpha value is -0.260. The highest BCUT2D eigenvalue weighted by molar-refractivity contribution is 4.91. The molecule has 1 rings (SSSR count). The van der Waals surface area contributed by atoms with Gasteiger partial charge in [0.1, 0.15) is 0 Å². The van der Waals surface area contributed by atoms with E-state index in [-0.39, 0.29) is 0 Å². The zero-order valence-electron chi connectivity index (χ0n) is 31.7. The maximum atomic E-state index is 3.36. The number of hydrogen-bond acceptors (Lipinski definition) is 0. The van der Waals surface area contributed by atoms with Crippen molar-refractivity contribution < 1.29 is 0 Å². The Kier molecular flexibility index (Phi) is 25.7. The Balaban J connectivity index is -0.000000546. The average Bonchev–Trinajstić information content (AvgIpc) is 2.74. The van der Waals surface area contributed by atoms with Crippen LogP contribution in [-0.2, 0) is 0 Å². The van der Waals surface area contributed by atoms with Crippen molar-refractivity contribution >= 4 is 0 Å². The second-order valence-corrected chi connectivity index (χ2v) is 17.0. The molecule has 0 aromatic heterocycles. The molecule has 0 aromatic carbocycles. The van der Waals surface area contributed by atoms with Gasteiger partial charge in [-0.1, -0.05) is 149 Å². The van der Waals surface area contributed by atoms with Crippen molar-refractivity contribution in [2.75, 3.05) is 0 Å². The van der Waals surface area contributed by atoms with Crippen LogP contribution in [0, 0.1) is 51.8 Å². The summed E-state index contributed by atoms with van der Waals surface area (Å²) >= 11 is 0. The van der Waals surface area contributed by atoms with Gasteiger partial charge in [-0.25, -0.2) is 0 Å². The molecule has 0 radical (unpaired) electrons. The van der Waals surface area contributed by atoms with Crippen LogP contribution in [0.5, 0.6) is 0 Å². The Labute approximate surface area is 258 Å². The lowest BCUT2D eigenvalue weighted by molar-refractivity contribution is 0.101. The van der Waals surface area contributed by atoms with E-state index in [1.165, 1.54) is 77.0 Å². The Morgan fingerprint density at radius 2 is 1.05 bits per heavy atom. The molecule has 1 aliphatic carbocycles. The van der Waals surface area contributed by atoms with Crippen LogP contribution in [-0.4, -0.2) is 0 Å². The smallest absolute Gasteiger partial charge is 0.0298 e.